The number of aromatic hydroxyl groups is 1. The number of nitrogens with one attached hydrogen (secondary N) is 1. The number of anilines is 1. The maximum Gasteiger partial charge on any atom is 0.237 e. The number of carbonyl (C=O) groups excluding carboxylic acids is 1. The smallest absolute Gasteiger partial charge is 0.237 e. The standard InChI is InChI=1S/C23H20ClN3O3S2/c1-12(21(29)27-18-10-15(24)6-9-19(18)28)32-23-20-17(11-31-22(20)25-13(2)26-23)14-4-7-16(30-3)8-5-14/h4-12,28H,1-3H3,(H,27,29). The maximum absolute atomic E-state index is 12.8. The first-order chi connectivity index (χ1) is 15.4. The van der Waals surface area contributed by atoms with E-state index >= 15 is 0 Å². The number of aromatic nitrogens is 2. The van der Waals surface area contributed by atoms with Gasteiger partial charge in [-0.25, -0.2) is 9.97 Å². The highest BCUT2D eigenvalue weighted by molar-refractivity contribution is 8.00. The lowest BCUT2D eigenvalue weighted by Crippen LogP contribution is -2.22. The van der Waals surface area contributed by atoms with Crippen LogP contribution in [0, 0.1) is 6.92 Å². The largest absolute Gasteiger partial charge is 0.506 e. The van der Waals surface area contributed by atoms with Crippen molar-refractivity contribution in [3.8, 4) is 22.6 Å². The second kappa shape index (κ2) is 9.36. The fraction of sp³-hybridized carbons (Fsp3) is 0.174. The molecule has 0 aliphatic carbocycles. The molecule has 1 unspecified atom stereocenters. The molecule has 0 spiro atoms. The lowest BCUT2D eigenvalue weighted by molar-refractivity contribution is -0.115. The SMILES string of the molecule is COc1ccc(-c2csc3nc(C)nc(SC(C)C(=O)Nc4cc(Cl)ccc4O)c23)cc1. The molecular weight excluding hydrogens is 466 g/mol. The van der Waals surface area contributed by atoms with Gasteiger partial charge in [0, 0.05) is 16.0 Å². The Morgan fingerprint density at radius 2 is 1.97 bits per heavy atom. The summed E-state index contributed by atoms with van der Waals surface area (Å²) in [6, 6.07) is 12.3. The number of phenols is 1. The fourth-order valence-corrected chi connectivity index (χ4v) is 5.38. The van der Waals surface area contributed by atoms with Crippen LogP contribution in [0.25, 0.3) is 21.3 Å². The summed E-state index contributed by atoms with van der Waals surface area (Å²) in [4.78, 5) is 22.9. The molecule has 0 saturated carbocycles. The Morgan fingerprint density at radius 3 is 2.69 bits per heavy atom. The number of halogens is 1. The first kappa shape index (κ1) is 22.4. The van der Waals surface area contributed by atoms with Crippen molar-refractivity contribution in [2.75, 3.05) is 12.4 Å². The third-order valence-corrected chi connectivity index (χ3v) is 6.98. The highest BCUT2D eigenvalue weighted by Crippen LogP contribution is 2.40. The van der Waals surface area contributed by atoms with Gasteiger partial charge in [0.1, 0.15) is 27.2 Å². The number of thiophene rings is 1. The summed E-state index contributed by atoms with van der Waals surface area (Å²) in [7, 11) is 1.63. The van der Waals surface area contributed by atoms with Gasteiger partial charge in [-0.3, -0.25) is 4.79 Å². The van der Waals surface area contributed by atoms with Crippen molar-refractivity contribution in [2.45, 2.75) is 24.1 Å². The van der Waals surface area contributed by atoms with Crippen molar-refractivity contribution in [1.82, 2.24) is 9.97 Å². The van der Waals surface area contributed by atoms with E-state index in [1.165, 1.54) is 23.9 Å². The number of carbonyl (C=O) groups is 1. The first-order valence-electron chi connectivity index (χ1n) is 9.72. The number of ether oxygens (including phenoxy) is 1. The molecule has 6 nitrogen and oxygen atoms in total. The number of benzene rings is 2. The molecule has 2 heterocycles. The molecule has 0 bridgehead atoms. The third-order valence-electron chi connectivity index (χ3n) is 4.79. The Bertz CT molecular complexity index is 1290. The van der Waals surface area contributed by atoms with Crippen molar-refractivity contribution >= 4 is 56.5 Å². The topological polar surface area (TPSA) is 84.3 Å². The summed E-state index contributed by atoms with van der Waals surface area (Å²) >= 11 is 8.88. The van der Waals surface area contributed by atoms with Crippen molar-refractivity contribution in [2.24, 2.45) is 0 Å². The van der Waals surface area contributed by atoms with Crippen LogP contribution in [0.15, 0.2) is 52.9 Å². The summed E-state index contributed by atoms with van der Waals surface area (Å²) in [5.74, 6) is 1.12. The molecule has 1 amide bonds. The quantitative estimate of drug-likeness (QED) is 0.193. The number of rotatable bonds is 6. The number of hydrogen-bond donors (Lipinski definition) is 2. The van der Waals surface area contributed by atoms with E-state index in [2.05, 4.69) is 20.7 Å². The van der Waals surface area contributed by atoms with E-state index in [-0.39, 0.29) is 17.3 Å². The number of thioether (sulfide) groups is 1. The highest BCUT2D eigenvalue weighted by atomic mass is 35.5. The zero-order chi connectivity index (χ0) is 22.8. The lowest BCUT2D eigenvalue weighted by atomic mass is 10.1. The number of fused-ring (bicyclic) bond motifs is 1. The van der Waals surface area contributed by atoms with E-state index < -0.39 is 5.25 Å². The molecule has 2 aromatic carbocycles. The molecule has 164 valence electrons. The van der Waals surface area contributed by atoms with Crippen LogP contribution in [0.5, 0.6) is 11.5 Å². The monoisotopic (exact) mass is 485 g/mol. The zero-order valence-corrected chi connectivity index (χ0v) is 19.9. The highest BCUT2D eigenvalue weighted by Gasteiger charge is 2.21. The van der Waals surface area contributed by atoms with Crippen LogP contribution in [0.2, 0.25) is 5.02 Å². The summed E-state index contributed by atoms with van der Waals surface area (Å²) in [6.07, 6.45) is 0. The molecular formula is C23H20ClN3O3S2. The van der Waals surface area contributed by atoms with Crippen LogP contribution in [-0.2, 0) is 4.79 Å². The number of phenolic OH excluding ortho intramolecular Hbond substituents is 1. The average molecular weight is 486 g/mol. The van der Waals surface area contributed by atoms with E-state index in [1.807, 2.05) is 31.2 Å². The number of methoxy groups -OCH3 is 1. The van der Waals surface area contributed by atoms with Gasteiger partial charge in [-0.05, 0) is 49.7 Å². The molecule has 0 aliphatic rings. The normalized spacial score (nSPS) is 12.0. The summed E-state index contributed by atoms with van der Waals surface area (Å²) in [5, 5.41) is 16.4. The third kappa shape index (κ3) is 4.67. The molecule has 2 N–H and O–H groups in total. The minimum Gasteiger partial charge on any atom is -0.506 e. The Balaban J connectivity index is 1.65. The molecule has 9 heteroatoms. The van der Waals surface area contributed by atoms with Gasteiger partial charge in [-0.1, -0.05) is 35.5 Å². The number of hydrogen-bond acceptors (Lipinski definition) is 7. The first-order valence-corrected chi connectivity index (χ1v) is 11.9. The van der Waals surface area contributed by atoms with Crippen molar-refractivity contribution < 1.29 is 14.6 Å². The van der Waals surface area contributed by atoms with Gasteiger partial charge in [0.25, 0.3) is 0 Å². The van der Waals surface area contributed by atoms with E-state index in [0.29, 0.717) is 10.8 Å². The Hall–Kier alpha value is -2.81. The Labute approximate surface area is 198 Å². The number of nitrogens with zero attached hydrogens (tertiary/aromatic N) is 2. The van der Waals surface area contributed by atoms with Gasteiger partial charge in [0.05, 0.1) is 23.4 Å². The van der Waals surface area contributed by atoms with Crippen LogP contribution in [0.4, 0.5) is 5.69 Å². The van der Waals surface area contributed by atoms with Gasteiger partial charge < -0.3 is 15.2 Å². The van der Waals surface area contributed by atoms with Gasteiger partial charge in [-0.15, -0.1) is 11.3 Å². The predicted molar refractivity (Wildman–Crippen MR) is 131 cm³/mol. The molecule has 0 saturated heterocycles. The second-order valence-electron chi connectivity index (χ2n) is 7.04. The fourth-order valence-electron chi connectivity index (χ4n) is 3.14. The van der Waals surface area contributed by atoms with Gasteiger partial charge in [-0.2, -0.15) is 0 Å². The molecule has 2 aromatic heterocycles. The molecule has 0 fully saturated rings. The minimum atomic E-state index is -0.477. The maximum atomic E-state index is 12.8. The van der Waals surface area contributed by atoms with Crippen LogP contribution >= 0.6 is 34.7 Å². The predicted octanol–water partition coefficient (Wildman–Crippen LogP) is 6.15. The van der Waals surface area contributed by atoms with Crippen LogP contribution in [0.1, 0.15) is 12.7 Å². The summed E-state index contributed by atoms with van der Waals surface area (Å²) in [6.45, 7) is 3.63. The molecule has 4 rings (SSSR count). The van der Waals surface area contributed by atoms with Crippen molar-refractivity contribution in [3.05, 3.63) is 58.7 Å². The van der Waals surface area contributed by atoms with Crippen molar-refractivity contribution in [1.29, 1.82) is 0 Å². The number of aryl methyl sites for hydroxylation is 1. The van der Waals surface area contributed by atoms with E-state index in [1.54, 1.807) is 31.4 Å². The van der Waals surface area contributed by atoms with E-state index in [9.17, 15) is 9.90 Å². The zero-order valence-electron chi connectivity index (χ0n) is 17.5. The van der Waals surface area contributed by atoms with E-state index in [4.69, 9.17) is 16.3 Å². The summed E-state index contributed by atoms with van der Waals surface area (Å²) < 4.78 is 5.26. The van der Waals surface area contributed by atoms with Crippen LogP contribution in [-0.4, -0.2) is 33.3 Å². The second-order valence-corrected chi connectivity index (χ2v) is 9.67. The van der Waals surface area contributed by atoms with Crippen LogP contribution < -0.4 is 10.1 Å². The van der Waals surface area contributed by atoms with Gasteiger partial charge >= 0.3 is 0 Å². The van der Waals surface area contributed by atoms with Crippen molar-refractivity contribution in [3.63, 3.8) is 0 Å². The van der Waals surface area contributed by atoms with Gasteiger partial charge in [0.15, 0.2) is 0 Å². The molecule has 4 aromatic rings. The summed E-state index contributed by atoms with van der Waals surface area (Å²) in [5.41, 5.74) is 2.30. The molecule has 0 radical (unpaired) electrons. The lowest BCUT2D eigenvalue weighted by Gasteiger charge is -2.14. The Morgan fingerprint density at radius 1 is 1.22 bits per heavy atom. The number of amides is 1. The van der Waals surface area contributed by atoms with Crippen LogP contribution in [0.3, 0.4) is 0 Å². The van der Waals surface area contributed by atoms with E-state index in [0.717, 1.165) is 32.1 Å². The minimum absolute atomic E-state index is 0.0418. The average Bonchev–Trinajstić information content (AvgIpc) is 3.20. The van der Waals surface area contributed by atoms with Gasteiger partial charge in [0.2, 0.25) is 5.91 Å². The molecule has 32 heavy (non-hydrogen) atoms. The molecule has 0 aliphatic heterocycles. The Kier molecular flexibility index (Phi) is 6.55. The molecule has 1 atom stereocenters.